The average Bonchev–Trinajstić information content (AvgIpc) is 3.11. The minimum atomic E-state index is -3.98. The molecule has 1 aliphatic rings. The first-order valence-corrected chi connectivity index (χ1v) is 10.2. The van der Waals surface area contributed by atoms with Gasteiger partial charge in [0.1, 0.15) is 9.94 Å². The van der Waals surface area contributed by atoms with Gasteiger partial charge in [0, 0.05) is 4.91 Å². The number of aryl methyl sites for hydroxylation is 2. The Morgan fingerprint density at radius 3 is 2.44 bits per heavy atom. The van der Waals surface area contributed by atoms with Crippen molar-refractivity contribution in [1.29, 1.82) is 0 Å². The predicted octanol–water partition coefficient (Wildman–Crippen LogP) is 4.91. The second kappa shape index (κ2) is 7.82. The fourth-order valence-electron chi connectivity index (χ4n) is 2.42. The van der Waals surface area contributed by atoms with Gasteiger partial charge in [0.25, 0.3) is 0 Å². The molecule has 27 heavy (non-hydrogen) atoms. The Morgan fingerprint density at radius 2 is 1.78 bits per heavy atom. The van der Waals surface area contributed by atoms with E-state index in [2.05, 4.69) is 10.0 Å². The largest absolute Gasteiger partial charge is 0.358 e. The van der Waals surface area contributed by atoms with Crippen molar-refractivity contribution in [2.75, 3.05) is 0 Å². The summed E-state index contributed by atoms with van der Waals surface area (Å²) in [4.78, 5) is 4.39. The van der Waals surface area contributed by atoms with Crippen LogP contribution >= 0.6 is 11.8 Å². The number of benzene rings is 2. The standard InChI is InChI=1S/C20H16N2O3S2/c1-14-8-10-16(11-9-14)27(23,24)25-22-19-13-12-18(26-19)20(21-3)17-7-5-4-6-15(17)2/h4-13H,1-2H3/b20-18+,22-19+. The van der Waals surface area contributed by atoms with Crippen LogP contribution in [0.2, 0.25) is 0 Å². The Labute approximate surface area is 163 Å². The van der Waals surface area contributed by atoms with Gasteiger partial charge < -0.3 is 0 Å². The lowest BCUT2D eigenvalue weighted by Crippen LogP contribution is -2.03. The second-order valence-electron chi connectivity index (χ2n) is 5.85. The Hall–Kier alpha value is -2.82. The van der Waals surface area contributed by atoms with Crippen LogP contribution in [0.3, 0.4) is 0 Å². The molecule has 2 aromatic rings. The highest BCUT2D eigenvalue weighted by molar-refractivity contribution is 8.18. The van der Waals surface area contributed by atoms with Crippen LogP contribution < -0.4 is 0 Å². The van der Waals surface area contributed by atoms with Crippen LogP contribution in [0.25, 0.3) is 10.5 Å². The Balaban J connectivity index is 1.82. The van der Waals surface area contributed by atoms with Crippen LogP contribution in [-0.4, -0.2) is 13.5 Å². The molecular formula is C20H16N2O3S2. The first kappa shape index (κ1) is 19.0. The van der Waals surface area contributed by atoms with Gasteiger partial charge in [-0.15, -0.1) is 0 Å². The highest BCUT2D eigenvalue weighted by Crippen LogP contribution is 2.36. The first-order valence-electron chi connectivity index (χ1n) is 8.03. The maximum atomic E-state index is 12.2. The summed E-state index contributed by atoms with van der Waals surface area (Å²) in [6.45, 7) is 11.3. The van der Waals surface area contributed by atoms with Crippen molar-refractivity contribution in [2.45, 2.75) is 18.7 Å². The van der Waals surface area contributed by atoms with Crippen LogP contribution in [-0.2, 0) is 14.4 Å². The summed E-state index contributed by atoms with van der Waals surface area (Å²) in [5.74, 6) is 0. The summed E-state index contributed by atoms with van der Waals surface area (Å²) in [7, 11) is -3.98. The molecule has 5 nitrogen and oxygen atoms in total. The third-order valence-corrected chi connectivity index (χ3v) is 5.96. The monoisotopic (exact) mass is 396 g/mol. The predicted molar refractivity (Wildman–Crippen MR) is 108 cm³/mol. The van der Waals surface area contributed by atoms with Gasteiger partial charge in [0.05, 0.1) is 6.57 Å². The quantitative estimate of drug-likeness (QED) is 0.544. The third-order valence-electron chi connectivity index (χ3n) is 3.87. The van der Waals surface area contributed by atoms with Crippen molar-refractivity contribution < 1.29 is 12.7 Å². The Kier molecular flexibility index (Phi) is 5.49. The van der Waals surface area contributed by atoms with E-state index in [1.165, 1.54) is 23.9 Å². The lowest BCUT2D eigenvalue weighted by molar-refractivity contribution is 0.340. The minimum absolute atomic E-state index is 0.0435. The van der Waals surface area contributed by atoms with Crippen molar-refractivity contribution in [3.63, 3.8) is 0 Å². The van der Waals surface area contributed by atoms with Crippen molar-refractivity contribution >= 4 is 32.6 Å². The lowest BCUT2D eigenvalue weighted by atomic mass is 10.1. The van der Waals surface area contributed by atoms with Crippen LogP contribution in [0.15, 0.2) is 75.6 Å². The van der Waals surface area contributed by atoms with Gasteiger partial charge in [-0.25, -0.2) is 4.85 Å². The molecule has 0 saturated heterocycles. The van der Waals surface area contributed by atoms with E-state index >= 15 is 0 Å². The van der Waals surface area contributed by atoms with Crippen molar-refractivity contribution in [2.24, 2.45) is 5.16 Å². The maximum absolute atomic E-state index is 12.2. The van der Waals surface area contributed by atoms with Crippen LogP contribution in [0, 0.1) is 20.4 Å². The van der Waals surface area contributed by atoms with Crippen LogP contribution in [0.4, 0.5) is 0 Å². The average molecular weight is 396 g/mol. The highest BCUT2D eigenvalue weighted by Gasteiger charge is 2.19. The molecule has 0 fully saturated rings. The molecule has 7 heteroatoms. The van der Waals surface area contributed by atoms with Gasteiger partial charge in [0.2, 0.25) is 5.70 Å². The molecule has 136 valence electrons. The molecule has 0 N–H and O–H groups in total. The van der Waals surface area contributed by atoms with Gasteiger partial charge in [-0.1, -0.05) is 70.5 Å². The second-order valence-corrected chi connectivity index (χ2v) is 8.44. The lowest BCUT2D eigenvalue weighted by Gasteiger charge is -2.06. The van der Waals surface area contributed by atoms with Crippen molar-refractivity contribution in [3.8, 4) is 0 Å². The zero-order chi connectivity index (χ0) is 19.4. The molecule has 1 aliphatic heterocycles. The van der Waals surface area contributed by atoms with E-state index < -0.39 is 10.1 Å². The fourth-order valence-corrected chi connectivity index (χ4v) is 4.03. The van der Waals surface area contributed by atoms with Gasteiger partial charge in [-0.3, -0.25) is 4.28 Å². The van der Waals surface area contributed by atoms with Crippen molar-refractivity contribution in [3.05, 3.63) is 93.7 Å². The smallest absolute Gasteiger partial charge is 0.264 e. The molecule has 2 aromatic carbocycles. The van der Waals surface area contributed by atoms with E-state index in [0.717, 1.165) is 16.7 Å². The summed E-state index contributed by atoms with van der Waals surface area (Å²) in [5, 5.41) is 4.12. The van der Waals surface area contributed by atoms with E-state index in [1.54, 1.807) is 24.3 Å². The fraction of sp³-hybridized carbons (Fsp3) is 0.100. The Morgan fingerprint density at radius 1 is 1.07 bits per heavy atom. The normalized spacial score (nSPS) is 17.0. The van der Waals surface area contributed by atoms with Gasteiger partial charge in [0.15, 0.2) is 0 Å². The number of nitrogens with zero attached hydrogens (tertiary/aromatic N) is 2. The third kappa shape index (κ3) is 4.30. The molecule has 0 spiro atoms. The van der Waals surface area contributed by atoms with Crippen molar-refractivity contribution in [1.82, 2.24) is 0 Å². The highest BCUT2D eigenvalue weighted by atomic mass is 32.2. The topological polar surface area (TPSA) is 60.1 Å². The summed E-state index contributed by atoms with van der Waals surface area (Å²) in [6.07, 6.45) is 3.37. The van der Waals surface area contributed by atoms with E-state index in [4.69, 9.17) is 10.9 Å². The van der Waals surface area contributed by atoms with E-state index in [-0.39, 0.29) is 4.90 Å². The maximum Gasteiger partial charge on any atom is 0.358 e. The molecule has 0 atom stereocenters. The molecule has 1 heterocycles. The molecule has 3 rings (SSSR count). The minimum Gasteiger partial charge on any atom is -0.264 e. The number of hydrogen-bond acceptors (Lipinski definition) is 5. The zero-order valence-electron chi connectivity index (χ0n) is 14.7. The molecule has 0 unspecified atom stereocenters. The molecule has 0 radical (unpaired) electrons. The number of hydrogen-bond donors (Lipinski definition) is 0. The number of thioether (sulfide) groups is 1. The summed E-state index contributed by atoms with van der Waals surface area (Å²) in [6, 6.07) is 14.0. The van der Waals surface area contributed by atoms with Gasteiger partial charge in [-0.05, 0) is 37.6 Å². The molecule has 0 saturated carbocycles. The number of allylic oxidation sites excluding steroid dienone is 1. The number of oxime groups is 1. The van der Waals surface area contributed by atoms with E-state index in [0.29, 0.717) is 15.6 Å². The molecule has 0 aliphatic carbocycles. The molecule has 0 bridgehead atoms. The van der Waals surface area contributed by atoms with E-state index in [1.807, 2.05) is 38.1 Å². The molecule has 0 amide bonds. The van der Waals surface area contributed by atoms with Crippen LogP contribution in [0.1, 0.15) is 16.7 Å². The number of rotatable bonds is 4. The zero-order valence-corrected chi connectivity index (χ0v) is 16.3. The van der Waals surface area contributed by atoms with Crippen LogP contribution in [0.5, 0.6) is 0 Å². The molecular weight excluding hydrogens is 380 g/mol. The first-order chi connectivity index (χ1) is 12.9. The van der Waals surface area contributed by atoms with Gasteiger partial charge >= 0.3 is 10.1 Å². The van der Waals surface area contributed by atoms with E-state index in [9.17, 15) is 8.42 Å². The molecule has 0 aromatic heterocycles. The van der Waals surface area contributed by atoms with Gasteiger partial charge in [-0.2, -0.15) is 8.42 Å². The SMILES string of the molecule is [C-]#[N+]/C(=C1C=C/C(=N\OS(=O)(=O)c2ccc(C)cc2)S\1)c1ccccc1C. The summed E-state index contributed by atoms with van der Waals surface area (Å²) >= 11 is 1.20. The Bertz CT molecular complexity index is 1110. The summed E-state index contributed by atoms with van der Waals surface area (Å²) in [5.41, 5.74) is 3.29. The summed E-state index contributed by atoms with van der Waals surface area (Å²) < 4.78 is 29.2.